The van der Waals surface area contributed by atoms with Gasteiger partial charge in [0.1, 0.15) is 11.6 Å². The summed E-state index contributed by atoms with van der Waals surface area (Å²) in [6, 6.07) is 10.6. The molecule has 4 heteroatoms. The molecular formula is C16H15BrFNO. The van der Waals surface area contributed by atoms with Gasteiger partial charge in [-0.15, -0.1) is 0 Å². The molecule has 0 aromatic heterocycles. The zero-order valence-corrected chi connectivity index (χ0v) is 12.5. The summed E-state index contributed by atoms with van der Waals surface area (Å²) in [5.41, 5.74) is 9.40. The SMILES string of the molecule is NC(Cc1cc(F)ccc1Br)c1ccc2c(c1)CCO2. The van der Waals surface area contributed by atoms with Crippen LogP contribution in [-0.2, 0) is 12.8 Å². The van der Waals surface area contributed by atoms with Crippen molar-refractivity contribution in [2.75, 3.05) is 6.61 Å². The van der Waals surface area contributed by atoms with Gasteiger partial charge in [-0.3, -0.25) is 0 Å². The number of hydrogen-bond donors (Lipinski definition) is 1. The van der Waals surface area contributed by atoms with Crippen LogP contribution in [0.1, 0.15) is 22.7 Å². The molecule has 2 nitrogen and oxygen atoms in total. The van der Waals surface area contributed by atoms with E-state index >= 15 is 0 Å². The number of benzene rings is 2. The Morgan fingerprint density at radius 3 is 2.95 bits per heavy atom. The molecule has 0 fully saturated rings. The molecule has 0 spiro atoms. The number of halogens is 2. The molecule has 2 aromatic rings. The lowest BCUT2D eigenvalue weighted by Crippen LogP contribution is -2.14. The molecular weight excluding hydrogens is 321 g/mol. The molecule has 0 bridgehead atoms. The van der Waals surface area contributed by atoms with E-state index in [1.54, 1.807) is 6.07 Å². The number of ether oxygens (including phenoxy) is 1. The van der Waals surface area contributed by atoms with Crippen molar-refractivity contribution in [1.29, 1.82) is 0 Å². The van der Waals surface area contributed by atoms with Crippen LogP contribution in [0.25, 0.3) is 0 Å². The van der Waals surface area contributed by atoms with E-state index in [9.17, 15) is 4.39 Å². The Morgan fingerprint density at radius 2 is 2.10 bits per heavy atom. The average Bonchev–Trinajstić information content (AvgIpc) is 2.90. The van der Waals surface area contributed by atoms with Crippen molar-refractivity contribution >= 4 is 15.9 Å². The van der Waals surface area contributed by atoms with Gasteiger partial charge in [0.15, 0.2) is 0 Å². The van der Waals surface area contributed by atoms with Crippen LogP contribution in [0, 0.1) is 5.82 Å². The van der Waals surface area contributed by atoms with Gasteiger partial charge in [-0.1, -0.05) is 28.1 Å². The quantitative estimate of drug-likeness (QED) is 0.926. The van der Waals surface area contributed by atoms with Crippen molar-refractivity contribution in [3.63, 3.8) is 0 Å². The summed E-state index contributed by atoms with van der Waals surface area (Å²) in [5.74, 6) is 0.714. The van der Waals surface area contributed by atoms with Gasteiger partial charge in [-0.2, -0.15) is 0 Å². The molecule has 0 radical (unpaired) electrons. The van der Waals surface area contributed by atoms with E-state index < -0.39 is 0 Å². The Labute approximate surface area is 125 Å². The topological polar surface area (TPSA) is 35.2 Å². The van der Waals surface area contributed by atoms with Gasteiger partial charge < -0.3 is 10.5 Å². The minimum absolute atomic E-state index is 0.154. The van der Waals surface area contributed by atoms with E-state index in [0.29, 0.717) is 6.42 Å². The molecule has 0 amide bonds. The minimum atomic E-state index is -0.238. The van der Waals surface area contributed by atoms with Crippen LogP contribution in [0.2, 0.25) is 0 Å². The largest absolute Gasteiger partial charge is 0.493 e. The molecule has 1 aliphatic rings. The fourth-order valence-electron chi connectivity index (χ4n) is 2.49. The third-order valence-corrected chi connectivity index (χ3v) is 4.36. The summed E-state index contributed by atoms with van der Waals surface area (Å²) < 4.78 is 19.7. The molecule has 1 unspecified atom stereocenters. The van der Waals surface area contributed by atoms with Crippen LogP contribution in [0.5, 0.6) is 5.75 Å². The zero-order chi connectivity index (χ0) is 14.1. The van der Waals surface area contributed by atoms with Crippen molar-refractivity contribution in [2.45, 2.75) is 18.9 Å². The zero-order valence-electron chi connectivity index (χ0n) is 10.9. The fraction of sp³-hybridized carbons (Fsp3) is 0.250. The van der Waals surface area contributed by atoms with Crippen LogP contribution in [0.4, 0.5) is 4.39 Å². The first-order valence-corrected chi connectivity index (χ1v) is 7.38. The minimum Gasteiger partial charge on any atom is -0.493 e. The highest BCUT2D eigenvalue weighted by Crippen LogP contribution is 2.29. The Kier molecular flexibility index (Phi) is 3.76. The number of rotatable bonds is 3. The van der Waals surface area contributed by atoms with E-state index in [0.717, 1.165) is 34.4 Å². The summed E-state index contributed by atoms with van der Waals surface area (Å²) in [6.45, 7) is 0.740. The van der Waals surface area contributed by atoms with Crippen LogP contribution in [0.15, 0.2) is 40.9 Å². The van der Waals surface area contributed by atoms with Crippen molar-refractivity contribution < 1.29 is 9.13 Å². The Bertz CT molecular complexity index is 644. The predicted molar refractivity (Wildman–Crippen MR) is 80.4 cm³/mol. The second kappa shape index (κ2) is 5.54. The highest BCUT2D eigenvalue weighted by molar-refractivity contribution is 9.10. The molecule has 1 aliphatic heterocycles. The van der Waals surface area contributed by atoms with Crippen LogP contribution >= 0.6 is 15.9 Å². The summed E-state index contributed by atoms with van der Waals surface area (Å²) in [5, 5.41) is 0. The van der Waals surface area contributed by atoms with Crippen LogP contribution in [0.3, 0.4) is 0 Å². The smallest absolute Gasteiger partial charge is 0.123 e. The lowest BCUT2D eigenvalue weighted by atomic mass is 9.97. The van der Waals surface area contributed by atoms with Crippen molar-refractivity contribution in [3.05, 3.63) is 63.4 Å². The molecule has 3 rings (SSSR count). The summed E-state index contributed by atoms with van der Waals surface area (Å²) in [4.78, 5) is 0. The summed E-state index contributed by atoms with van der Waals surface area (Å²) in [6.07, 6.45) is 1.53. The monoisotopic (exact) mass is 335 g/mol. The number of fused-ring (bicyclic) bond motifs is 1. The fourth-order valence-corrected chi connectivity index (χ4v) is 2.90. The van der Waals surface area contributed by atoms with Gasteiger partial charge in [-0.25, -0.2) is 4.39 Å². The van der Waals surface area contributed by atoms with Gasteiger partial charge in [0.05, 0.1) is 6.61 Å². The molecule has 1 atom stereocenters. The van der Waals surface area contributed by atoms with E-state index in [1.165, 1.54) is 17.7 Å². The van der Waals surface area contributed by atoms with Gasteiger partial charge in [0.25, 0.3) is 0 Å². The van der Waals surface area contributed by atoms with E-state index in [2.05, 4.69) is 22.0 Å². The van der Waals surface area contributed by atoms with Gasteiger partial charge in [0.2, 0.25) is 0 Å². The maximum atomic E-state index is 13.3. The molecule has 20 heavy (non-hydrogen) atoms. The van der Waals surface area contributed by atoms with Crippen molar-refractivity contribution in [2.24, 2.45) is 5.73 Å². The van der Waals surface area contributed by atoms with E-state index in [1.807, 2.05) is 12.1 Å². The Hall–Kier alpha value is -1.39. The average molecular weight is 336 g/mol. The number of hydrogen-bond acceptors (Lipinski definition) is 2. The lowest BCUT2D eigenvalue weighted by Gasteiger charge is -2.14. The van der Waals surface area contributed by atoms with Crippen molar-refractivity contribution in [3.8, 4) is 5.75 Å². The second-order valence-electron chi connectivity index (χ2n) is 5.01. The van der Waals surface area contributed by atoms with E-state index in [4.69, 9.17) is 10.5 Å². The number of nitrogens with two attached hydrogens (primary N) is 1. The molecule has 104 valence electrons. The summed E-state index contributed by atoms with van der Waals surface area (Å²) >= 11 is 3.44. The van der Waals surface area contributed by atoms with Gasteiger partial charge >= 0.3 is 0 Å². The third kappa shape index (κ3) is 2.72. The van der Waals surface area contributed by atoms with Crippen LogP contribution in [-0.4, -0.2) is 6.61 Å². The predicted octanol–water partition coefficient (Wildman–Crippen LogP) is 3.77. The van der Waals surface area contributed by atoms with E-state index in [-0.39, 0.29) is 11.9 Å². The molecule has 0 saturated heterocycles. The normalized spacial score (nSPS) is 14.8. The van der Waals surface area contributed by atoms with Crippen molar-refractivity contribution in [1.82, 2.24) is 0 Å². The molecule has 0 saturated carbocycles. The maximum absolute atomic E-state index is 13.3. The second-order valence-corrected chi connectivity index (χ2v) is 5.87. The molecule has 2 N–H and O–H groups in total. The van der Waals surface area contributed by atoms with Gasteiger partial charge in [-0.05, 0) is 47.4 Å². The highest BCUT2D eigenvalue weighted by Gasteiger charge is 2.16. The lowest BCUT2D eigenvalue weighted by molar-refractivity contribution is 0.357. The first-order chi connectivity index (χ1) is 9.63. The molecule has 0 aliphatic carbocycles. The molecule has 2 aromatic carbocycles. The molecule has 1 heterocycles. The first-order valence-electron chi connectivity index (χ1n) is 6.58. The maximum Gasteiger partial charge on any atom is 0.123 e. The van der Waals surface area contributed by atoms with Gasteiger partial charge in [0, 0.05) is 16.9 Å². The standard InChI is InChI=1S/C16H15BrFNO/c17-14-3-2-13(18)8-12(14)9-15(19)10-1-4-16-11(7-10)5-6-20-16/h1-4,7-8,15H,5-6,9,19H2. The summed E-state index contributed by atoms with van der Waals surface area (Å²) in [7, 11) is 0. The first kappa shape index (κ1) is 13.6. The third-order valence-electron chi connectivity index (χ3n) is 3.59. The Morgan fingerprint density at radius 1 is 1.25 bits per heavy atom. The highest BCUT2D eigenvalue weighted by atomic mass is 79.9. The van der Waals surface area contributed by atoms with Crippen LogP contribution < -0.4 is 10.5 Å². The Balaban J connectivity index is 1.82.